The largest absolute Gasteiger partial charge is 0.388 e. The summed E-state index contributed by atoms with van der Waals surface area (Å²) in [6.45, 7) is 9.94. The Morgan fingerprint density at radius 3 is 2.41 bits per heavy atom. The van der Waals surface area contributed by atoms with Crippen molar-refractivity contribution in [2.24, 2.45) is 17.6 Å². The predicted octanol–water partition coefficient (Wildman–Crippen LogP) is 2.32. The molecule has 102 valence electrons. The molecule has 0 radical (unpaired) electrons. The Labute approximate surface area is 106 Å². The number of hydrogen-bond acceptors (Lipinski definition) is 3. The first-order chi connectivity index (χ1) is 7.82. The van der Waals surface area contributed by atoms with Crippen molar-refractivity contribution in [2.45, 2.75) is 64.5 Å². The van der Waals surface area contributed by atoms with E-state index in [1.165, 1.54) is 0 Å². The molecule has 0 aromatic heterocycles. The van der Waals surface area contributed by atoms with Gasteiger partial charge in [-0.2, -0.15) is 0 Å². The van der Waals surface area contributed by atoms with Crippen LogP contribution in [0.3, 0.4) is 0 Å². The van der Waals surface area contributed by atoms with Gasteiger partial charge >= 0.3 is 0 Å². The van der Waals surface area contributed by atoms with E-state index in [0.29, 0.717) is 18.9 Å². The lowest BCUT2D eigenvalue weighted by Gasteiger charge is -2.48. The van der Waals surface area contributed by atoms with Gasteiger partial charge in [0.1, 0.15) is 0 Å². The fourth-order valence-corrected chi connectivity index (χ4v) is 3.04. The zero-order valence-electron chi connectivity index (χ0n) is 11.8. The molecule has 3 N–H and O–H groups in total. The lowest BCUT2D eigenvalue weighted by molar-refractivity contribution is -0.0778. The number of rotatable bonds is 4. The number of nitrogens with two attached hydrogens (primary N) is 1. The minimum Gasteiger partial charge on any atom is -0.388 e. The SMILES string of the molecule is CC(C)CC(N)(C(C)C)C1(O)CCCOCC1. The third-order valence-corrected chi connectivity index (χ3v) is 4.18. The van der Waals surface area contributed by atoms with E-state index in [4.69, 9.17) is 10.5 Å². The Kier molecular flexibility index (Phi) is 4.99. The molecular formula is C14H29NO2. The molecular weight excluding hydrogens is 214 g/mol. The monoisotopic (exact) mass is 243 g/mol. The first-order valence-corrected chi connectivity index (χ1v) is 6.91. The van der Waals surface area contributed by atoms with Gasteiger partial charge in [-0.15, -0.1) is 0 Å². The Balaban J connectivity index is 2.93. The van der Waals surface area contributed by atoms with E-state index in [-0.39, 0.29) is 5.92 Å². The lowest BCUT2D eigenvalue weighted by Crippen LogP contribution is -2.64. The second-order valence-electron chi connectivity index (χ2n) is 6.29. The van der Waals surface area contributed by atoms with Crippen LogP contribution < -0.4 is 5.73 Å². The standard InChI is InChI=1S/C14H29NO2/c1-11(2)10-14(15,12(3)4)13(16)6-5-8-17-9-7-13/h11-12,16H,5-10,15H2,1-4H3. The fourth-order valence-electron chi connectivity index (χ4n) is 3.04. The van der Waals surface area contributed by atoms with Crippen molar-refractivity contribution in [1.29, 1.82) is 0 Å². The Hall–Kier alpha value is -0.120. The maximum absolute atomic E-state index is 11.0. The minimum absolute atomic E-state index is 0.271. The summed E-state index contributed by atoms with van der Waals surface area (Å²) in [4.78, 5) is 0. The van der Waals surface area contributed by atoms with E-state index in [0.717, 1.165) is 25.9 Å². The third kappa shape index (κ3) is 3.21. The first kappa shape index (κ1) is 14.9. The molecule has 2 atom stereocenters. The number of ether oxygens (including phenoxy) is 1. The normalized spacial score (nSPS) is 30.4. The maximum Gasteiger partial charge on any atom is 0.0851 e. The van der Waals surface area contributed by atoms with Gasteiger partial charge in [0, 0.05) is 25.2 Å². The summed E-state index contributed by atoms with van der Waals surface area (Å²) in [5.41, 5.74) is 5.33. The highest BCUT2D eigenvalue weighted by atomic mass is 16.5. The van der Waals surface area contributed by atoms with Crippen LogP contribution in [0.1, 0.15) is 53.4 Å². The number of aliphatic hydroxyl groups is 1. The molecule has 0 aromatic carbocycles. The second-order valence-corrected chi connectivity index (χ2v) is 6.29. The summed E-state index contributed by atoms with van der Waals surface area (Å²) in [5, 5.41) is 11.0. The molecule has 17 heavy (non-hydrogen) atoms. The van der Waals surface area contributed by atoms with Gasteiger partial charge in [0.25, 0.3) is 0 Å². The highest BCUT2D eigenvalue weighted by Gasteiger charge is 2.49. The highest BCUT2D eigenvalue weighted by molar-refractivity contribution is 5.06. The second kappa shape index (κ2) is 5.68. The lowest BCUT2D eigenvalue weighted by atomic mass is 9.65. The first-order valence-electron chi connectivity index (χ1n) is 6.91. The smallest absolute Gasteiger partial charge is 0.0851 e. The predicted molar refractivity (Wildman–Crippen MR) is 70.8 cm³/mol. The van der Waals surface area contributed by atoms with Crippen LogP contribution >= 0.6 is 0 Å². The van der Waals surface area contributed by atoms with Crippen LogP contribution in [0.2, 0.25) is 0 Å². The van der Waals surface area contributed by atoms with Gasteiger partial charge in [0.2, 0.25) is 0 Å². The molecule has 1 saturated heterocycles. The van der Waals surface area contributed by atoms with Gasteiger partial charge in [0.15, 0.2) is 0 Å². The number of hydrogen-bond donors (Lipinski definition) is 2. The molecule has 0 spiro atoms. The molecule has 1 aliphatic rings. The zero-order valence-corrected chi connectivity index (χ0v) is 11.8. The zero-order chi connectivity index (χ0) is 13.1. The molecule has 3 nitrogen and oxygen atoms in total. The van der Waals surface area contributed by atoms with E-state index >= 15 is 0 Å². The van der Waals surface area contributed by atoms with Crippen LogP contribution in [0, 0.1) is 11.8 Å². The maximum atomic E-state index is 11.0. The molecule has 1 aliphatic heterocycles. The van der Waals surface area contributed by atoms with Crippen molar-refractivity contribution in [3.63, 3.8) is 0 Å². The molecule has 3 heteroatoms. The molecule has 1 fully saturated rings. The summed E-state index contributed by atoms with van der Waals surface area (Å²) >= 11 is 0. The van der Waals surface area contributed by atoms with Crippen molar-refractivity contribution in [3.8, 4) is 0 Å². The van der Waals surface area contributed by atoms with Gasteiger partial charge in [0.05, 0.1) is 5.60 Å². The third-order valence-electron chi connectivity index (χ3n) is 4.18. The van der Waals surface area contributed by atoms with Crippen molar-refractivity contribution < 1.29 is 9.84 Å². The van der Waals surface area contributed by atoms with Gasteiger partial charge in [-0.1, -0.05) is 27.7 Å². The Morgan fingerprint density at radius 1 is 1.24 bits per heavy atom. The van der Waals surface area contributed by atoms with Gasteiger partial charge < -0.3 is 15.6 Å². The van der Waals surface area contributed by atoms with Gasteiger partial charge in [-0.05, 0) is 31.1 Å². The van der Waals surface area contributed by atoms with Crippen molar-refractivity contribution in [2.75, 3.05) is 13.2 Å². The molecule has 1 heterocycles. The van der Waals surface area contributed by atoms with E-state index < -0.39 is 11.1 Å². The van der Waals surface area contributed by atoms with E-state index in [9.17, 15) is 5.11 Å². The molecule has 0 aliphatic carbocycles. The van der Waals surface area contributed by atoms with Crippen molar-refractivity contribution in [1.82, 2.24) is 0 Å². The van der Waals surface area contributed by atoms with Crippen LogP contribution in [0.5, 0.6) is 0 Å². The summed E-state index contributed by atoms with van der Waals surface area (Å²) in [7, 11) is 0. The molecule has 0 saturated carbocycles. The van der Waals surface area contributed by atoms with Gasteiger partial charge in [-0.25, -0.2) is 0 Å². The summed E-state index contributed by atoms with van der Waals surface area (Å²) in [6.07, 6.45) is 3.18. The van der Waals surface area contributed by atoms with E-state index in [2.05, 4.69) is 27.7 Å². The molecule has 0 bridgehead atoms. The topological polar surface area (TPSA) is 55.5 Å². The molecule has 2 unspecified atom stereocenters. The highest BCUT2D eigenvalue weighted by Crippen LogP contribution is 2.39. The van der Waals surface area contributed by atoms with Crippen LogP contribution in [0.4, 0.5) is 0 Å². The van der Waals surface area contributed by atoms with Crippen LogP contribution in [0.25, 0.3) is 0 Å². The Morgan fingerprint density at radius 2 is 1.88 bits per heavy atom. The van der Waals surface area contributed by atoms with E-state index in [1.807, 2.05) is 0 Å². The Bertz CT molecular complexity index is 232. The van der Waals surface area contributed by atoms with Crippen molar-refractivity contribution >= 4 is 0 Å². The average Bonchev–Trinajstić information content (AvgIpc) is 2.42. The quantitative estimate of drug-likeness (QED) is 0.796. The summed E-state index contributed by atoms with van der Waals surface area (Å²) < 4.78 is 5.45. The summed E-state index contributed by atoms with van der Waals surface area (Å²) in [6, 6.07) is 0. The summed E-state index contributed by atoms with van der Waals surface area (Å²) in [5.74, 6) is 0.767. The van der Waals surface area contributed by atoms with Crippen LogP contribution in [0.15, 0.2) is 0 Å². The van der Waals surface area contributed by atoms with Crippen LogP contribution in [-0.2, 0) is 4.74 Å². The average molecular weight is 243 g/mol. The molecule has 0 aromatic rings. The molecule has 0 amide bonds. The van der Waals surface area contributed by atoms with Gasteiger partial charge in [-0.3, -0.25) is 0 Å². The van der Waals surface area contributed by atoms with Crippen molar-refractivity contribution in [3.05, 3.63) is 0 Å². The van der Waals surface area contributed by atoms with Crippen LogP contribution in [-0.4, -0.2) is 29.5 Å². The minimum atomic E-state index is -0.776. The fraction of sp³-hybridized carbons (Fsp3) is 1.00. The molecule has 1 rings (SSSR count). The van der Waals surface area contributed by atoms with E-state index in [1.54, 1.807) is 0 Å².